The Labute approximate surface area is 131 Å². The number of ether oxygens (including phenoxy) is 1. The van der Waals surface area contributed by atoms with Gasteiger partial charge in [0.2, 0.25) is 10.0 Å². The summed E-state index contributed by atoms with van der Waals surface area (Å²) in [6.07, 6.45) is 0.925. The van der Waals surface area contributed by atoms with Gasteiger partial charge in [0.05, 0.1) is 11.5 Å². The van der Waals surface area contributed by atoms with Crippen molar-refractivity contribution in [2.24, 2.45) is 0 Å². The Bertz CT molecular complexity index is 712. The van der Waals surface area contributed by atoms with E-state index in [2.05, 4.69) is 4.72 Å². The highest BCUT2D eigenvalue weighted by atomic mass is 32.2. The van der Waals surface area contributed by atoms with Crippen LogP contribution in [0.15, 0.2) is 53.4 Å². The third-order valence-corrected chi connectivity index (χ3v) is 4.45. The van der Waals surface area contributed by atoms with Gasteiger partial charge in [0, 0.05) is 12.2 Å². The number of nitrogens with one attached hydrogen (secondary N) is 1. The minimum absolute atomic E-state index is 0.195. The summed E-state index contributed by atoms with van der Waals surface area (Å²) in [5.74, 6) is 0.742. The molecule has 0 aromatic heterocycles. The fourth-order valence-electron chi connectivity index (χ4n) is 1.87. The molecule has 0 fully saturated rings. The molecule has 118 valence electrons. The van der Waals surface area contributed by atoms with E-state index in [9.17, 15) is 8.42 Å². The van der Waals surface area contributed by atoms with Gasteiger partial charge in [0.15, 0.2) is 0 Å². The maximum absolute atomic E-state index is 12.2. The van der Waals surface area contributed by atoms with Crippen LogP contribution in [0.25, 0.3) is 0 Å². The van der Waals surface area contributed by atoms with E-state index in [1.165, 1.54) is 12.1 Å². The zero-order valence-corrected chi connectivity index (χ0v) is 13.3. The number of nitrogens with two attached hydrogens (primary N) is 1. The molecule has 0 aliphatic rings. The summed E-state index contributed by atoms with van der Waals surface area (Å²) in [5.41, 5.74) is 6.93. The Balaban J connectivity index is 2.04. The van der Waals surface area contributed by atoms with Crippen molar-refractivity contribution in [1.29, 1.82) is 0 Å². The number of hydrogen-bond acceptors (Lipinski definition) is 4. The van der Waals surface area contributed by atoms with Gasteiger partial charge in [-0.25, -0.2) is 13.1 Å². The van der Waals surface area contributed by atoms with Crippen LogP contribution < -0.4 is 15.2 Å². The lowest BCUT2D eigenvalue weighted by Gasteiger charge is -2.09. The van der Waals surface area contributed by atoms with Crippen molar-refractivity contribution in [2.45, 2.75) is 24.8 Å². The van der Waals surface area contributed by atoms with Crippen LogP contribution in [0.3, 0.4) is 0 Å². The third kappa shape index (κ3) is 4.47. The van der Waals surface area contributed by atoms with E-state index in [0.717, 1.165) is 17.7 Å². The topological polar surface area (TPSA) is 81.4 Å². The molecule has 2 aromatic carbocycles. The Kier molecular flexibility index (Phi) is 5.41. The molecule has 6 heteroatoms. The van der Waals surface area contributed by atoms with Crippen LogP contribution in [-0.4, -0.2) is 15.0 Å². The standard InChI is InChI=1S/C16H20N2O3S/c1-2-10-21-15-5-3-4-13(11-15)12-18-22(19,20)16-8-6-14(17)7-9-16/h3-9,11,18H,2,10,12,17H2,1H3. The van der Waals surface area contributed by atoms with Gasteiger partial charge < -0.3 is 10.5 Å². The van der Waals surface area contributed by atoms with Gasteiger partial charge in [-0.3, -0.25) is 0 Å². The molecular weight excluding hydrogens is 300 g/mol. The second-order valence-electron chi connectivity index (χ2n) is 4.89. The van der Waals surface area contributed by atoms with Gasteiger partial charge >= 0.3 is 0 Å². The molecule has 0 aliphatic carbocycles. The molecule has 0 heterocycles. The molecule has 0 spiro atoms. The number of rotatable bonds is 7. The molecule has 0 bridgehead atoms. The van der Waals surface area contributed by atoms with Crippen molar-refractivity contribution in [3.05, 3.63) is 54.1 Å². The minimum Gasteiger partial charge on any atom is -0.494 e. The van der Waals surface area contributed by atoms with Crippen molar-refractivity contribution in [1.82, 2.24) is 4.72 Å². The predicted octanol–water partition coefficient (Wildman–Crippen LogP) is 2.54. The SMILES string of the molecule is CCCOc1cccc(CNS(=O)(=O)c2ccc(N)cc2)c1. The first kappa shape index (κ1) is 16.3. The van der Waals surface area contributed by atoms with E-state index in [-0.39, 0.29) is 11.4 Å². The molecule has 2 aromatic rings. The summed E-state index contributed by atoms with van der Waals surface area (Å²) in [6, 6.07) is 13.5. The monoisotopic (exact) mass is 320 g/mol. The van der Waals surface area contributed by atoms with Crippen LogP contribution in [0.5, 0.6) is 5.75 Å². The highest BCUT2D eigenvalue weighted by Gasteiger charge is 2.13. The first-order valence-electron chi connectivity index (χ1n) is 7.08. The summed E-state index contributed by atoms with van der Waals surface area (Å²) >= 11 is 0. The first-order valence-corrected chi connectivity index (χ1v) is 8.56. The molecule has 2 rings (SSSR count). The number of nitrogen functional groups attached to an aromatic ring is 1. The maximum Gasteiger partial charge on any atom is 0.240 e. The van der Waals surface area contributed by atoms with Gasteiger partial charge in [0.1, 0.15) is 5.75 Å². The molecule has 0 saturated carbocycles. The van der Waals surface area contributed by atoms with Crippen LogP contribution in [0.2, 0.25) is 0 Å². The molecule has 0 amide bonds. The Hall–Kier alpha value is -2.05. The quantitative estimate of drug-likeness (QED) is 0.768. The van der Waals surface area contributed by atoms with Gasteiger partial charge in [-0.2, -0.15) is 0 Å². The summed E-state index contributed by atoms with van der Waals surface area (Å²) in [7, 11) is -3.55. The number of benzene rings is 2. The van der Waals surface area contributed by atoms with Crippen molar-refractivity contribution >= 4 is 15.7 Å². The van der Waals surface area contributed by atoms with Crippen LogP contribution in [-0.2, 0) is 16.6 Å². The molecular formula is C16H20N2O3S. The number of sulfonamides is 1. The van der Waals surface area contributed by atoms with E-state index >= 15 is 0 Å². The maximum atomic E-state index is 12.2. The Morgan fingerprint density at radius 3 is 2.55 bits per heavy atom. The molecule has 3 N–H and O–H groups in total. The molecule has 0 atom stereocenters. The Morgan fingerprint density at radius 2 is 1.86 bits per heavy atom. The van der Waals surface area contributed by atoms with Crippen molar-refractivity contribution in [3.63, 3.8) is 0 Å². The summed E-state index contributed by atoms with van der Waals surface area (Å²) in [6.45, 7) is 2.88. The zero-order chi connectivity index (χ0) is 16.0. The smallest absolute Gasteiger partial charge is 0.240 e. The van der Waals surface area contributed by atoms with Gasteiger partial charge in [-0.15, -0.1) is 0 Å². The molecule has 22 heavy (non-hydrogen) atoms. The molecule has 0 saturated heterocycles. The lowest BCUT2D eigenvalue weighted by molar-refractivity contribution is 0.317. The molecule has 0 aliphatic heterocycles. The predicted molar refractivity (Wildman–Crippen MR) is 87.1 cm³/mol. The van der Waals surface area contributed by atoms with Gasteiger partial charge in [-0.1, -0.05) is 19.1 Å². The first-order chi connectivity index (χ1) is 10.5. The average Bonchev–Trinajstić information content (AvgIpc) is 2.52. The fraction of sp³-hybridized carbons (Fsp3) is 0.250. The van der Waals surface area contributed by atoms with Gasteiger partial charge in [-0.05, 0) is 48.4 Å². The summed E-state index contributed by atoms with van der Waals surface area (Å²) < 4.78 is 32.5. The van der Waals surface area contributed by atoms with Crippen molar-refractivity contribution in [2.75, 3.05) is 12.3 Å². The van der Waals surface area contributed by atoms with Gasteiger partial charge in [0.25, 0.3) is 0 Å². The van der Waals surface area contributed by atoms with E-state index in [4.69, 9.17) is 10.5 Å². The largest absolute Gasteiger partial charge is 0.494 e. The third-order valence-electron chi connectivity index (χ3n) is 3.03. The normalized spacial score (nSPS) is 11.3. The zero-order valence-electron chi connectivity index (χ0n) is 12.5. The summed E-state index contributed by atoms with van der Waals surface area (Å²) in [5, 5.41) is 0. The van der Waals surface area contributed by atoms with Crippen molar-refractivity contribution in [3.8, 4) is 5.75 Å². The average molecular weight is 320 g/mol. The molecule has 5 nitrogen and oxygen atoms in total. The van der Waals surface area contributed by atoms with Crippen LogP contribution in [0.4, 0.5) is 5.69 Å². The van der Waals surface area contributed by atoms with Crippen LogP contribution in [0, 0.1) is 0 Å². The second-order valence-corrected chi connectivity index (χ2v) is 6.66. The van der Waals surface area contributed by atoms with E-state index in [0.29, 0.717) is 12.3 Å². The molecule has 0 unspecified atom stereocenters. The Morgan fingerprint density at radius 1 is 1.14 bits per heavy atom. The lowest BCUT2D eigenvalue weighted by atomic mass is 10.2. The van der Waals surface area contributed by atoms with E-state index < -0.39 is 10.0 Å². The van der Waals surface area contributed by atoms with Crippen molar-refractivity contribution < 1.29 is 13.2 Å². The number of hydrogen-bond donors (Lipinski definition) is 2. The fourth-order valence-corrected chi connectivity index (χ4v) is 2.89. The minimum atomic E-state index is -3.55. The number of anilines is 1. The van der Waals surface area contributed by atoms with Crippen LogP contribution in [0.1, 0.15) is 18.9 Å². The lowest BCUT2D eigenvalue weighted by Crippen LogP contribution is -2.23. The van der Waals surface area contributed by atoms with E-state index in [1.807, 2.05) is 31.2 Å². The second kappa shape index (κ2) is 7.29. The molecule has 0 radical (unpaired) electrons. The van der Waals surface area contributed by atoms with E-state index in [1.54, 1.807) is 12.1 Å². The summed E-state index contributed by atoms with van der Waals surface area (Å²) in [4.78, 5) is 0.195. The highest BCUT2D eigenvalue weighted by Crippen LogP contribution is 2.15. The van der Waals surface area contributed by atoms with Crippen LogP contribution >= 0.6 is 0 Å². The highest BCUT2D eigenvalue weighted by molar-refractivity contribution is 7.89.